The zero-order valence-electron chi connectivity index (χ0n) is 11.6. The number of aromatic nitrogens is 1. The van der Waals surface area contributed by atoms with Gasteiger partial charge in [-0.3, -0.25) is 0 Å². The van der Waals surface area contributed by atoms with Crippen LogP contribution in [-0.4, -0.2) is 10.1 Å². The molecule has 2 aromatic heterocycles. The molecule has 0 spiro atoms. The Bertz CT molecular complexity index is 935. The largest absolute Gasteiger partial charge is 0.383 e. The summed E-state index contributed by atoms with van der Waals surface area (Å²) in [7, 11) is 0. The van der Waals surface area contributed by atoms with Gasteiger partial charge in [-0.1, -0.05) is 24.3 Å². The van der Waals surface area contributed by atoms with Gasteiger partial charge in [0.05, 0.1) is 0 Å². The number of rotatable bonds is 2. The molecule has 4 aromatic rings. The number of aliphatic hydroxyl groups excluding tert-OH is 1. The van der Waals surface area contributed by atoms with Gasteiger partial charge in [-0.05, 0) is 47.7 Å². The van der Waals surface area contributed by atoms with Gasteiger partial charge in [-0.15, -0.1) is 11.3 Å². The summed E-state index contributed by atoms with van der Waals surface area (Å²) < 4.78 is 0. The first-order valence-corrected chi connectivity index (χ1v) is 7.84. The molecule has 21 heavy (non-hydrogen) atoms. The summed E-state index contributed by atoms with van der Waals surface area (Å²) in [5.41, 5.74) is 4.32. The summed E-state index contributed by atoms with van der Waals surface area (Å²) in [4.78, 5) is 4.43. The molecule has 0 saturated carbocycles. The Kier molecular flexibility index (Phi) is 2.84. The van der Waals surface area contributed by atoms with E-state index in [-0.39, 0.29) is 0 Å². The Hall–Kier alpha value is -2.10. The predicted molar refractivity (Wildman–Crippen MR) is 88.9 cm³/mol. The van der Waals surface area contributed by atoms with Crippen molar-refractivity contribution >= 4 is 33.1 Å². The van der Waals surface area contributed by atoms with Crippen LogP contribution in [0.25, 0.3) is 21.8 Å². The third-order valence-electron chi connectivity index (χ3n) is 4.00. The van der Waals surface area contributed by atoms with Gasteiger partial charge in [0.2, 0.25) is 0 Å². The Morgan fingerprint density at radius 2 is 1.81 bits per heavy atom. The van der Waals surface area contributed by atoms with Crippen LogP contribution in [0.3, 0.4) is 0 Å². The van der Waals surface area contributed by atoms with Crippen LogP contribution in [0.15, 0.2) is 53.9 Å². The average molecular weight is 293 g/mol. The summed E-state index contributed by atoms with van der Waals surface area (Å²) in [5.74, 6) is 0. The van der Waals surface area contributed by atoms with Crippen molar-refractivity contribution in [1.29, 1.82) is 0 Å². The highest BCUT2D eigenvalue weighted by atomic mass is 32.1. The third-order valence-corrected chi connectivity index (χ3v) is 5.07. The van der Waals surface area contributed by atoms with E-state index in [0.29, 0.717) is 0 Å². The fraction of sp³-hybridized carbons (Fsp3) is 0.111. The fourth-order valence-electron chi connectivity index (χ4n) is 2.85. The minimum Gasteiger partial charge on any atom is -0.383 e. The standard InChI is InChI=1S/C18H15NOS/c1-11-8-9-21-18(11)17(20)12-6-7-16-14(10-12)13-4-2-3-5-15(13)19-16/h2-10,17,19-20H,1H3. The van der Waals surface area contributed by atoms with Gasteiger partial charge in [0.25, 0.3) is 0 Å². The number of H-pyrrole nitrogens is 1. The Balaban J connectivity index is 1.90. The molecule has 1 unspecified atom stereocenters. The number of benzene rings is 2. The first-order chi connectivity index (χ1) is 10.2. The van der Waals surface area contributed by atoms with E-state index in [1.54, 1.807) is 11.3 Å². The predicted octanol–water partition coefficient (Wildman–Crippen LogP) is 4.77. The van der Waals surface area contributed by atoms with E-state index in [4.69, 9.17) is 0 Å². The molecule has 2 N–H and O–H groups in total. The Morgan fingerprint density at radius 1 is 1.00 bits per heavy atom. The van der Waals surface area contributed by atoms with E-state index in [0.717, 1.165) is 32.4 Å². The topological polar surface area (TPSA) is 36.0 Å². The molecule has 0 aliphatic heterocycles. The second-order valence-electron chi connectivity index (χ2n) is 5.35. The fourth-order valence-corrected chi connectivity index (χ4v) is 3.79. The van der Waals surface area contributed by atoms with Gasteiger partial charge < -0.3 is 10.1 Å². The number of para-hydroxylation sites is 1. The highest BCUT2D eigenvalue weighted by Crippen LogP contribution is 2.33. The van der Waals surface area contributed by atoms with Crippen molar-refractivity contribution in [2.75, 3.05) is 0 Å². The summed E-state index contributed by atoms with van der Waals surface area (Å²) >= 11 is 1.61. The van der Waals surface area contributed by atoms with Gasteiger partial charge in [0.15, 0.2) is 0 Å². The maximum absolute atomic E-state index is 10.6. The van der Waals surface area contributed by atoms with E-state index in [1.807, 2.05) is 36.6 Å². The molecule has 3 heteroatoms. The van der Waals surface area contributed by atoms with Crippen LogP contribution in [0, 0.1) is 6.92 Å². The monoisotopic (exact) mass is 293 g/mol. The number of thiophene rings is 1. The zero-order valence-corrected chi connectivity index (χ0v) is 12.4. The molecule has 0 fully saturated rings. The number of aliphatic hydroxyl groups is 1. The van der Waals surface area contributed by atoms with E-state index < -0.39 is 6.10 Å². The summed E-state index contributed by atoms with van der Waals surface area (Å²) in [6.07, 6.45) is -0.553. The number of aromatic amines is 1. The maximum atomic E-state index is 10.6. The molecule has 0 aliphatic carbocycles. The van der Waals surface area contributed by atoms with Crippen molar-refractivity contribution in [1.82, 2.24) is 4.98 Å². The van der Waals surface area contributed by atoms with Crippen LogP contribution in [0.2, 0.25) is 0 Å². The minimum absolute atomic E-state index is 0.553. The second kappa shape index (κ2) is 4.72. The number of aryl methyl sites for hydroxylation is 1. The molecule has 104 valence electrons. The maximum Gasteiger partial charge on any atom is 0.113 e. The molecule has 1 atom stereocenters. The lowest BCUT2D eigenvalue weighted by Gasteiger charge is -2.10. The van der Waals surface area contributed by atoms with Crippen molar-refractivity contribution in [3.05, 3.63) is 69.9 Å². The zero-order chi connectivity index (χ0) is 14.4. The van der Waals surface area contributed by atoms with Crippen molar-refractivity contribution < 1.29 is 5.11 Å². The lowest BCUT2D eigenvalue weighted by Crippen LogP contribution is -1.98. The van der Waals surface area contributed by atoms with Gasteiger partial charge >= 0.3 is 0 Å². The van der Waals surface area contributed by atoms with Crippen LogP contribution >= 0.6 is 11.3 Å². The van der Waals surface area contributed by atoms with Crippen LogP contribution in [0.1, 0.15) is 22.1 Å². The highest BCUT2D eigenvalue weighted by molar-refractivity contribution is 7.10. The van der Waals surface area contributed by atoms with Crippen molar-refractivity contribution in [3.63, 3.8) is 0 Å². The SMILES string of the molecule is Cc1ccsc1C(O)c1ccc2[nH]c3ccccc3c2c1. The van der Waals surface area contributed by atoms with Gasteiger partial charge in [-0.25, -0.2) is 0 Å². The third kappa shape index (κ3) is 1.97. The van der Waals surface area contributed by atoms with Gasteiger partial charge in [0, 0.05) is 26.7 Å². The van der Waals surface area contributed by atoms with Crippen LogP contribution in [0.4, 0.5) is 0 Å². The molecule has 2 aromatic carbocycles. The number of hydrogen-bond acceptors (Lipinski definition) is 2. The van der Waals surface area contributed by atoms with Gasteiger partial charge in [-0.2, -0.15) is 0 Å². The summed E-state index contributed by atoms with van der Waals surface area (Å²) in [5, 5.41) is 15.0. The van der Waals surface area contributed by atoms with Crippen LogP contribution in [-0.2, 0) is 0 Å². The number of fused-ring (bicyclic) bond motifs is 3. The molecule has 0 radical (unpaired) electrons. The van der Waals surface area contributed by atoms with Crippen LogP contribution < -0.4 is 0 Å². The molecule has 0 bridgehead atoms. The second-order valence-corrected chi connectivity index (χ2v) is 6.29. The van der Waals surface area contributed by atoms with Crippen LogP contribution in [0.5, 0.6) is 0 Å². The van der Waals surface area contributed by atoms with Crippen molar-refractivity contribution in [3.8, 4) is 0 Å². The Labute approximate surface area is 126 Å². The molecule has 2 nitrogen and oxygen atoms in total. The molecular formula is C18H15NOS. The van der Waals surface area contributed by atoms with Crippen molar-refractivity contribution in [2.24, 2.45) is 0 Å². The highest BCUT2D eigenvalue weighted by Gasteiger charge is 2.15. The lowest BCUT2D eigenvalue weighted by atomic mass is 10.0. The van der Waals surface area contributed by atoms with Crippen molar-refractivity contribution in [2.45, 2.75) is 13.0 Å². The molecule has 0 saturated heterocycles. The Morgan fingerprint density at radius 3 is 2.62 bits per heavy atom. The number of nitrogens with one attached hydrogen (secondary N) is 1. The molecule has 0 amide bonds. The smallest absolute Gasteiger partial charge is 0.113 e. The van der Waals surface area contributed by atoms with E-state index in [1.165, 1.54) is 5.39 Å². The number of hydrogen-bond donors (Lipinski definition) is 2. The first kappa shape index (κ1) is 12.6. The molecule has 2 heterocycles. The minimum atomic E-state index is -0.553. The summed E-state index contributed by atoms with van der Waals surface area (Å²) in [6, 6.07) is 16.5. The average Bonchev–Trinajstić information content (AvgIpc) is 3.09. The van der Waals surface area contributed by atoms with E-state index in [2.05, 4.69) is 29.2 Å². The quantitative estimate of drug-likeness (QED) is 0.548. The lowest BCUT2D eigenvalue weighted by molar-refractivity contribution is 0.223. The van der Waals surface area contributed by atoms with Gasteiger partial charge in [0.1, 0.15) is 6.10 Å². The van der Waals surface area contributed by atoms with E-state index in [9.17, 15) is 5.11 Å². The first-order valence-electron chi connectivity index (χ1n) is 6.96. The normalized spacial score (nSPS) is 13.0. The van der Waals surface area contributed by atoms with E-state index >= 15 is 0 Å². The molecule has 0 aliphatic rings. The molecule has 4 rings (SSSR count). The molecular weight excluding hydrogens is 278 g/mol. The summed E-state index contributed by atoms with van der Waals surface area (Å²) in [6.45, 7) is 2.04.